The van der Waals surface area contributed by atoms with Crippen molar-refractivity contribution in [3.63, 3.8) is 0 Å². The van der Waals surface area contributed by atoms with Crippen molar-refractivity contribution >= 4 is 29.1 Å². The van der Waals surface area contributed by atoms with Crippen molar-refractivity contribution in [2.75, 3.05) is 38.6 Å². The fourth-order valence-corrected chi connectivity index (χ4v) is 2.81. The van der Waals surface area contributed by atoms with E-state index in [4.69, 9.17) is 16.3 Å². The molecule has 0 heterocycles. The predicted molar refractivity (Wildman–Crippen MR) is 112 cm³/mol. The topological polar surface area (TPSA) is 70.7 Å². The molecule has 0 unspecified atom stereocenters. The second-order valence-electron chi connectivity index (χ2n) is 6.64. The van der Waals surface area contributed by atoms with Crippen LogP contribution in [0.4, 0.5) is 5.69 Å². The Morgan fingerprint density at radius 3 is 2.25 bits per heavy atom. The van der Waals surface area contributed by atoms with E-state index < -0.39 is 0 Å². The first-order valence-corrected chi connectivity index (χ1v) is 9.42. The lowest BCUT2D eigenvalue weighted by atomic mass is 10.1. The van der Waals surface area contributed by atoms with Gasteiger partial charge in [0.2, 0.25) is 11.8 Å². The van der Waals surface area contributed by atoms with E-state index in [1.165, 1.54) is 0 Å². The molecule has 0 radical (unpaired) electrons. The zero-order valence-corrected chi connectivity index (χ0v) is 17.2. The van der Waals surface area contributed by atoms with E-state index in [1.54, 1.807) is 36.2 Å². The van der Waals surface area contributed by atoms with Crippen LogP contribution in [-0.4, -0.2) is 50.0 Å². The first kappa shape index (κ1) is 21.7. The molecule has 0 aliphatic heterocycles. The Balaban J connectivity index is 1.67. The van der Waals surface area contributed by atoms with E-state index in [-0.39, 0.29) is 24.9 Å². The number of likely N-dealkylation sites (N-methyl/N-ethyl adjacent to an activating group) is 1. The Hall–Kier alpha value is -2.57. The maximum absolute atomic E-state index is 12.2. The highest BCUT2D eigenvalue weighted by molar-refractivity contribution is 6.30. The van der Waals surface area contributed by atoms with Gasteiger partial charge in [-0.25, -0.2) is 0 Å². The van der Waals surface area contributed by atoms with Crippen LogP contribution in [0.15, 0.2) is 42.5 Å². The van der Waals surface area contributed by atoms with Crippen molar-refractivity contribution in [3.8, 4) is 5.75 Å². The quantitative estimate of drug-likeness (QED) is 0.631. The van der Waals surface area contributed by atoms with E-state index >= 15 is 0 Å². The van der Waals surface area contributed by atoms with E-state index in [2.05, 4.69) is 10.6 Å². The fraction of sp³-hybridized carbons (Fsp3) is 0.333. The van der Waals surface area contributed by atoms with Crippen LogP contribution < -0.4 is 15.4 Å². The third-order valence-electron chi connectivity index (χ3n) is 4.08. The number of anilines is 1. The Kier molecular flexibility index (Phi) is 8.29. The molecule has 0 aliphatic rings. The number of hydrogen-bond donors (Lipinski definition) is 2. The number of ether oxygens (including phenoxy) is 1. The molecule has 0 saturated heterocycles. The van der Waals surface area contributed by atoms with Crippen LogP contribution in [0.1, 0.15) is 11.1 Å². The number of halogens is 1. The molecule has 0 atom stereocenters. The number of para-hydroxylation sites is 1. The summed E-state index contributed by atoms with van der Waals surface area (Å²) in [6, 6.07) is 12.9. The summed E-state index contributed by atoms with van der Waals surface area (Å²) in [4.78, 5) is 25.9. The summed E-state index contributed by atoms with van der Waals surface area (Å²) < 4.78 is 5.52. The van der Waals surface area contributed by atoms with Crippen molar-refractivity contribution in [1.29, 1.82) is 0 Å². The molecule has 2 amide bonds. The Morgan fingerprint density at radius 2 is 1.61 bits per heavy atom. The van der Waals surface area contributed by atoms with Crippen LogP contribution in [-0.2, 0) is 9.59 Å². The van der Waals surface area contributed by atoms with E-state index in [9.17, 15) is 9.59 Å². The van der Waals surface area contributed by atoms with Gasteiger partial charge < -0.3 is 15.4 Å². The van der Waals surface area contributed by atoms with Crippen LogP contribution >= 0.6 is 11.6 Å². The summed E-state index contributed by atoms with van der Waals surface area (Å²) in [7, 11) is 1.73. The third-order valence-corrected chi connectivity index (χ3v) is 4.33. The number of hydrogen-bond acceptors (Lipinski definition) is 4. The van der Waals surface area contributed by atoms with Gasteiger partial charge in [0, 0.05) is 10.7 Å². The third kappa shape index (κ3) is 7.21. The number of carbonyl (C=O) groups excluding carboxylic acids is 2. The number of nitrogens with one attached hydrogen (secondary N) is 2. The van der Waals surface area contributed by atoms with Crippen molar-refractivity contribution < 1.29 is 14.3 Å². The molecule has 0 saturated carbocycles. The van der Waals surface area contributed by atoms with Gasteiger partial charge in [0.25, 0.3) is 0 Å². The second-order valence-corrected chi connectivity index (χ2v) is 7.08. The van der Waals surface area contributed by atoms with E-state index in [0.717, 1.165) is 16.8 Å². The van der Waals surface area contributed by atoms with Gasteiger partial charge in [-0.05, 0) is 56.3 Å². The summed E-state index contributed by atoms with van der Waals surface area (Å²) >= 11 is 5.81. The second kappa shape index (κ2) is 10.7. The molecule has 0 spiro atoms. The number of nitrogens with zero attached hydrogens (tertiary/aromatic N) is 1. The zero-order valence-electron chi connectivity index (χ0n) is 16.4. The molecular weight excluding hydrogens is 378 g/mol. The maximum Gasteiger partial charge on any atom is 0.238 e. The molecule has 2 rings (SSSR count). The molecule has 0 aliphatic carbocycles. The standard InChI is InChI=1S/C21H26ClN3O3/c1-15-5-4-6-16(2)21(15)24-20(27)14-25(3)13-19(26)23-11-12-28-18-9-7-17(22)8-10-18/h4-10H,11-14H2,1-3H3,(H,23,26)(H,24,27). The van der Waals surface area contributed by atoms with Gasteiger partial charge in [0.05, 0.1) is 19.6 Å². The van der Waals surface area contributed by atoms with Gasteiger partial charge in [-0.2, -0.15) is 0 Å². The Morgan fingerprint density at radius 1 is 1.00 bits per heavy atom. The minimum absolute atomic E-state index is 0.126. The van der Waals surface area contributed by atoms with Gasteiger partial charge in [0.15, 0.2) is 0 Å². The molecule has 0 bridgehead atoms. The average Bonchev–Trinajstić information content (AvgIpc) is 2.63. The molecule has 28 heavy (non-hydrogen) atoms. The fourth-order valence-electron chi connectivity index (χ4n) is 2.68. The van der Waals surface area contributed by atoms with Crippen molar-refractivity contribution in [3.05, 3.63) is 58.6 Å². The average molecular weight is 404 g/mol. The lowest BCUT2D eigenvalue weighted by Crippen LogP contribution is -2.40. The highest BCUT2D eigenvalue weighted by Crippen LogP contribution is 2.19. The van der Waals surface area contributed by atoms with Gasteiger partial charge in [0.1, 0.15) is 12.4 Å². The maximum atomic E-state index is 12.2. The predicted octanol–water partition coefficient (Wildman–Crippen LogP) is 3.02. The van der Waals surface area contributed by atoms with Crippen LogP contribution in [0, 0.1) is 13.8 Å². The highest BCUT2D eigenvalue weighted by atomic mass is 35.5. The zero-order chi connectivity index (χ0) is 20.5. The summed E-state index contributed by atoms with van der Waals surface area (Å²) in [5.74, 6) is 0.375. The number of amides is 2. The van der Waals surface area contributed by atoms with Crippen molar-refractivity contribution in [2.45, 2.75) is 13.8 Å². The minimum atomic E-state index is -0.165. The van der Waals surface area contributed by atoms with E-state index in [1.807, 2.05) is 32.0 Å². The van der Waals surface area contributed by atoms with Crippen LogP contribution in [0.3, 0.4) is 0 Å². The van der Waals surface area contributed by atoms with Crippen LogP contribution in [0.25, 0.3) is 0 Å². The Labute approximate surface area is 170 Å². The number of rotatable bonds is 9. The van der Waals surface area contributed by atoms with E-state index in [0.29, 0.717) is 23.9 Å². The summed E-state index contributed by atoms with van der Waals surface area (Å²) in [6.07, 6.45) is 0. The van der Waals surface area contributed by atoms with Gasteiger partial charge in [-0.1, -0.05) is 29.8 Å². The molecule has 2 N–H and O–H groups in total. The molecule has 7 heteroatoms. The Bertz CT molecular complexity index is 789. The summed E-state index contributed by atoms with van der Waals surface area (Å²) in [5.41, 5.74) is 2.84. The largest absolute Gasteiger partial charge is 0.492 e. The normalized spacial score (nSPS) is 10.6. The monoisotopic (exact) mass is 403 g/mol. The molecule has 0 fully saturated rings. The molecular formula is C21H26ClN3O3. The van der Waals surface area contributed by atoms with Crippen molar-refractivity contribution in [2.24, 2.45) is 0 Å². The molecule has 6 nitrogen and oxygen atoms in total. The van der Waals surface area contributed by atoms with Crippen LogP contribution in [0.5, 0.6) is 5.75 Å². The van der Waals surface area contributed by atoms with Crippen LogP contribution in [0.2, 0.25) is 5.02 Å². The van der Waals surface area contributed by atoms with Crippen molar-refractivity contribution in [1.82, 2.24) is 10.2 Å². The molecule has 2 aromatic carbocycles. The minimum Gasteiger partial charge on any atom is -0.492 e. The number of benzene rings is 2. The molecule has 2 aromatic rings. The number of aryl methyl sites for hydroxylation is 2. The smallest absolute Gasteiger partial charge is 0.238 e. The summed E-state index contributed by atoms with van der Waals surface area (Å²) in [5, 5.41) is 6.33. The molecule has 150 valence electrons. The first-order chi connectivity index (χ1) is 13.3. The highest BCUT2D eigenvalue weighted by Gasteiger charge is 2.12. The SMILES string of the molecule is Cc1cccc(C)c1NC(=O)CN(C)CC(=O)NCCOc1ccc(Cl)cc1. The lowest BCUT2D eigenvalue weighted by Gasteiger charge is -2.17. The lowest BCUT2D eigenvalue weighted by molar-refractivity contribution is -0.123. The number of carbonyl (C=O) groups is 2. The van der Waals surface area contributed by atoms with Gasteiger partial charge >= 0.3 is 0 Å². The van der Waals surface area contributed by atoms with Gasteiger partial charge in [-0.3, -0.25) is 14.5 Å². The van der Waals surface area contributed by atoms with Gasteiger partial charge in [-0.15, -0.1) is 0 Å². The first-order valence-electron chi connectivity index (χ1n) is 9.05. The summed E-state index contributed by atoms with van der Waals surface area (Å²) in [6.45, 7) is 4.88. The molecule has 0 aromatic heterocycles.